The van der Waals surface area contributed by atoms with Gasteiger partial charge in [0.15, 0.2) is 0 Å². The zero-order chi connectivity index (χ0) is 18.4. The summed E-state index contributed by atoms with van der Waals surface area (Å²) in [6, 6.07) is -0.673. The minimum atomic E-state index is -0.427. The van der Waals surface area contributed by atoms with Crippen LogP contribution in [0.2, 0.25) is 0 Å². The molecule has 0 aromatic carbocycles. The van der Waals surface area contributed by atoms with Gasteiger partial charge in [-0.15, -0.1) is 0 Å². The van der Waals surface area contributed by atoms with Crippen molar-refractivity contribution < 1.29 is 4.79 Å². The number of carbonyl (C=O) groups is 1. The lowest BCUT2D eigenvalue weighted by atomic mass is 9.97. The molecule has 0 spiro atoms. The van der Waals surface area contributed by atoms with Crippen LogP contribution in [-0.2, 0) is 4.79 Å². The highest BCUT2D eigenvalue weighted by molar-refractivity contribution is 5.85. The van der Waals surface area contributed by atoms with Crippen molar-refractivity contribution in [3.05, 3.63) is 0 Å². The van der Waals surface area contributed by atoms with Crippen LogP contribution >= 0.6 is 0 Å². The van der Waals surface area contributed by atoms with Gasteiger partial charge in [0.05, 0.1) is 48.6 Å². The third-order valence-electron chi connectivity index (χ3n) is 6.95. The highest BCUT2D eigenvalue weighted by Gasteiger charge is 2.67. The smallest absolute Gasteiger partial charge is 0.244 e. The summed E-state index contributed by atoms with van der Waals surface area (Å²) in [5.41, 5.74) is 44.0. The molecule has 10 unspecified atom stereocenters. The fraction of sp³-hybridized carbons (Fsp3) is 0.909. The molecule has 0 aromatic rings. The molecule has 7 aliphatic rings. The van der Waals surface area contributed by atoms with Gasteiger partial charge in [0.1, 0.15) is 12.2 Å². The van der Waals surface area contributed by atoms with Gasteiger partial charge in [0.2, 0.25) is 5.91 Å². The summed E-state index contributed by atoms with van der Waals surface area (Å²) in [5.74, 6) is 0.0436. The van der Waals surface area contributed by atoms with Crippen molar-refractivity contribution in [1.82, 2.24) is 86.4 Å². The Morgan fingerprint density at radius 2 is 1.11 bits per heavy atom. The zero-order valence-electron chi connectivity index (χ0n) is 14.6. The Balaban J connectivity index is 1.36. The van der Waals surface area contributed by atoms with E-state index in [4.69, 9.17) is 0 Å². The van der Waals surface area contributed by atoms with E-state index in [1.165, 1.54) is 0 Å². The Morgan fingerprint density at radius 3 is 1.93 bits per heavy atom. The third-order valence-corrected chi connectivity index (χ3v) is 6.95. The first-order valence-electron chi connectivity index (χ1n) is 9.48. The van der Waals surface area contributed by atoms with Crippen LogP contribution < -0.4 is 76.6 Å². The molecular weight excluding hydrogens is 372 g/mol. The summed E-state index contributed by atoms with van der Waals surface area (Å²) in [6.07, 6.45) is -0.407. The fourth-order valence-electron chi connectivity index (χ4n) is 5.94. The molecule has 0 aromatic heterocycles. The van der Waals surface area contributed by atoms with Gasteiger partial charge in [-0.1, -0.05) is 0 Å². The summed E-state index contributed by atoms with van der Waals surface area (Å²) in [5, 5.41) is 0. The lowest BCUT2D eigenvalue weighted by molar-refractivity contribution is -0.139. The van der Waals surface area contributed by atoms with Gasteiger partial charge >= 0.3 is 0 Å². The van der Waals surface area contributed by atoms with Crippen molar-refractivity contribution >= 4 is 5.91 Å². The molecule has 14 N–H and O–H groups in total. The van der Waals surface area contributed by atoms with Crippen molar-refractivity contribution in [3.8, 4) is 0 Å². The molecule has 0 bridgehead atoms. The molecule has 7 saturated heterocycles. The Hall–Kier alpha value is -1.13. The molecule has 17 nitrogen and oxygen atoms in total. The van der Waals surface area contributed by atoms with E-state index >= 15 is 0 Å². The van der Waals surface area contributed by atoms with Crippen LogP contribution in [0.3, 0.4) is 0 Å². The average Bonchev–Trinajstić information content (AvgIpc) is 3.23. The summed E-state index contributed by atoms with van der Waals surface area (Å²) < 4.78 is 0. The topological polar surface area (TPSA) is 192 Å². The van der Waals surface area contributed by atoms with Crippen LogP contribution in [0.1, 0.15) is 0 Å². The maximum Gasteiger partial charge on any atom is 0.244 e. The number of nitrogens with zero attached hydrogens (tertiary/aromatic N) is 2. The number of carbonyl (C=O) groups excluding carboxylic acids is 1. The quantitative estimate of drug-likeness (QED) is 0.184. The Bertz CT molecular complexity index is 679. The van der Waals surface area contributed by atoms with Gasteiger partial charge < -0.3 is 4.90 Å². The second-order valence-electron chi connectivity index (χ2n) is 7.99. The standard InChI is InChI=1S/C11H24N16O/c28-11-5-6-1(12-20-16-5)3-8(17-24-22-14-3)26(6)10-7-2(13-21-19-10)4-9(27(7)11)18-25-23-15-4/h1-10,12-25H. The number of hydrazine groups is 10. The van der Waals surface area contributed by atoms with Crippen LogP contribution in [0, 0.1) is 0 Å². The first kappa shape index (κ1) is 16.6. The second-order valence-corrected chi connectivity index (χ2v) is 7.99. The number of nitrogens with one attached hydrogen (secondary N) is 14. The minimum absolute atomic E-state index is 0.00880. The van der Waals surface area contributed by atoms with Crippen LogP contribution in [0.15, 0.2) is 0 Å². The molecule has 17 heteroatoms. The first-order chi connectivity index (χ1) is 13.8. The SMILES string of the molecule is O=C1C2NNNC3C4NNNNC4N(C4NNNC5C6NNNNC6N1C54)C23. The summed E-state index contributed by atoms with van der Waals surface area (Å²) in [6.45, 7) is 0. The van der Waals surface area contributed by atoms with Crippen LogP contribution in [0.4, 0.5) is 0 Å². The van der Waals surface area contributed by atoms with Crippen LogP contribution in [-0.4, -0.2) is 76.5 Å². The molecule has 0 aliphatic carbocycles. The maximum absolute atomic E-state index is 13.8. The van der Waals surface area contributed by atoms with Crippen molar-refractivity contribution in [3.63, 3.8) is 0 Å². The van der Waals surface area contributed by atoms with Crippen molar-refractivity contribution in [2.75, 3.05) is 0 Å². The largest absolute Gasteiger partial charge is 0.315 e. The Kier molecular flexibility index (Phi) is 3.54. The lowest BCUT2D eigenvalue weighted by Gasteiger charge is -2.46. The number of hydrogen-bond acceptors (Lipinski definition) is 16. The highest BCUT2D eigenvalue weighted by atomic mass is 16.2. The molecule has 0 radical (unpaired) electrons. The number of amides is 1. The number of fused-ring (bicyclic) bond motifs is 7. The molecular formula is C11H24N16O. The van der Waals surface area contributed by atoms with E-state index in [-0.39, 0.29) is 60.7 Å². The Morgan fingerprint density at radius 1 is 0.536 bits per heavy atom. The van der Waals surface area contributed by atoms with Gasteiger partial charge in [-0.3, -0.25) is 9.69 Å². The summed E-state index contributed by atoms with van der Waals surface area (Å²) in [4.78, 5) is 18.1. The number of rotatable bonds is 0. The van der Waals surface area contributed by atoms with Gasteiger partial charge in [0, 0.05) is 0 Å². The normalized spacial score (nSPS) is 55.1. The van der Waals surface area contributed by atoms with Crippen LogP contribution in [0.25, 0.3) is 0 Å². The van der Waals surface area contributed by atoms with E-state index in [2.05, 4.69) is 81.5 Å². The monoisotopic (exact) mass is 396 g/mol. The van der Waals surface area contributed by atoms with Crippen LogP contribution in [0.5, 0.6) is 0 Å². The zero-order valence-corrected chi connectivity index (χ0v) is 14.6. The Labute approximate surface area is 158 Å². The third kappa shape index (κ3) is 1.97. The summed E-state index contributed by atoms with van der Waals surface area (Å²) >= 11 is 0. The number of hydrogen-bond donors (Lipinski definition) is 14. The van der Waals surface area contributed by atoms with E-state index in [0.29, 0.717) is 0 Å². The van der Waals surface area contributed by atoms with E-state index in [0.717, 1.165) is 0 Å². The molecule has 154 valence electrons. The fourth-order valence-corrected chi connectivity index (χ4v) is 5.94. The van der Waals surface area contributed by atoms with Gasteiger partial charge in [-0.25, -0.2) is 43.4 Å². The van der Waals surface area contributed by atoms with E-state index in [1.807, 2.05) is 4.90 Å². The molecule has 7 fully saturated rings. The van der Waals surface area contributed by atoms with Crippen molar-refractivity contribution in [1.29, 1.82) is 0 Å². The first-order valence-corrected chi connectivity index (χ1v) is 9.48. The van der Waals surface area contributed by atoms with E-state index < -0.39 is 6.04 Å². The second kappa shape index (κ2) is 5.95. The molecule has 7 heterocycles. The van der Waals surface area contributed by atoms with Gasteiger partial charge in [-0.05, 0) is 0 Å². The van der Waals surface area contributed by atoms with E-state index in [9.17, 15) is 4.79 Å². The summed E-state index contributed by atoms with van der Waals surface area (Å²) in [7, 11) is 0. The van der Waals surface area contributed by atoms with Gasteiger partial charge in [-0.2, -0.15) is 33.2 Å². The molecule has 0 saturated carbocycles. The molecule has 10 atom stereocenters. The molecule has 28 heavy (non-hydrogen) atoms. The maximum atomic E-state index is 13.8. The van der Waals surface area contributed by atoms with Crippen molar-refractivity contribution in [2.45, 2.75) is 60.8 Å². The van der Waals surface area contributed by atoms with E-state index in [1.54, 1.807) is 0 Å². The highest BCUT2D eigenvalue weighted by Crippen LogP contribution is 2.39. The molecule has 7 rings (SSSR count). The van der Waals surface area contributed by atoms with Crippen molar-refractivity contribution in [2.24, 2.45) is 0 Å². The predicted octanol–water partition coefficient (Wildman–Crippen LogP) is -8.82. The van der Waals surface area contributed by atoms with Gasteiger partial charge in [0.25, 0.3) is 0 Å². The minimum Gasteiger partial charge on any atom is -0.315 e. The average molecular weight is 396 g/mol. The molecule has 1 amide bonds. The predicted molar refractivity (Wildman–Crippen MR) is 90.5 cm³/mol. The lowest BCUT2D eigenvalue weighted by Crippen LogP contribution is -2.79. The molecule has 7 aliphatic heterocycles.